The summed E-state index contributed by atoms with van der Waals surface area (Å²) in [6, 6.07) is 0.968. The molecule has 0 saturated heterocycles. The van der Waals surface area contributed by atoms with E-state index in [9.17, 15) is 4.79 Å². The van der Waals surface area contributed by atoms with Crippen molar-refractivity contribution in [2.24, 2.45) is 0 Å². The molecule has 0 aliphatic rings. The smallest absolute Gasteiger partial charge is 0.335 e. The number of carbonyl (C=O) groups excluding carboxylic acids is 1. The molecule has 4 heteroatoms. The number of unbranched alkanes of at least 4 members (excludes halogenated alkanes) is 1. The Balaban J connectivity index is 4.14. The van der Waals surface area contributed by atoms with Crippen LogP contribution in [0, 0.1) is 11.8 Å². The largest absolute Gasteiger partial charge is 0.464 e. The highest BCUT2D eigenvalue weighted by atomic mass is 28.3. The van der Waals surface area contributed by atoms with E-state index in [-0.39, 0.29) is 5.97 Å². The first-order chi connectivity index (χ1) is 8.90. The van der Waals surface area contributed by atoms with Gasteiger partial charge in [-0.1, -0.05) is 45.3 Å². The molecule has 19 heavy (non-hydrogen) atoms. The number of esters is 1. The van der Waals surface area contributed by atoms with Gasteiger partial charge in [-0.3, -0.25) is 0 Å². The molecule has 1 atom stereocenters. The summed E-state index contributed by atoms with van der Waals surface area (Å²) in [6.45, 7) is 11.5. The van der Waals surface area contributed by atoms with Gasteiger partial charge in [0.2, 0.25) is 0 Å². The monoisotopic (exact) mass is 284 g/mol. The lowest BCUT2D eigenvalue weighted by atomic mass is 10.1. The summed E-state index contributed by atoms with van der Waals surface area (Å²) in [5.74, 6) is 5.88. The molecule has 0 radical (unpaired) electrons. The lowest BCUT2D eigenvalue weighted by Gasteiger charge is -2.14. The molecule has 0 aromatic heterocycles. The summed E-state index contributed by atoms with van der Waals surface area (Å²) in [5, 5.41) is 0. The topological polar surface area (TPSA) is 35.5 Å². The highest BCUT2D eigenvalue weighted by molar-refractivity contribution is 6.76. The quantitative estimate of drug-likeness (QED) is 0.389. The average Bonchev–Trinajstić information content (AvgIpc) is 2.31. The maximum absolute atomic E-state index is 11.7. The minimum Gasteiger partial charge on any atom is -0.464 e. The predicted molar refractivity (Wildman–Crippen MR) is 81.8 cm³/mol. The summed E-state index contributed by atoms with van der Waals surface area (Å²) >= 11 is 0. The molecule has 0 fully saturated rings. The molecule has 0 rings (SSSR count). The van der Waals surface area contributed by atoms with Crippen LogP contribution >= 0.6 is 0 Å². The third-order valence-electron chi connectivity index (χ3n) is 2.47. The standard InChI is InChI=1S/C15H28O3Si/c1-6-8-11-14(15(16)17-7-2)18-12-9-10-13-19(3,4)5/h14H,6-8,11-13H2,1-5H3. The van der Waals surface area contributed by atoms with Crippen LogP contribution in [0.4, 0.5) is 0 Å². The molecule has 110 valence electrons. The van der Waals surface area contributed by atoms with Gasteiger partial charge in [-0.05, 0) is 13.3 Å². The Morgan fingerprint density at radius 2 is 1.89 bits per heavy atom. The van der Waals surface area contributed by atoms with Crippen LogP contribution in [0.15, 0.2) is 0 Å². The minimum absolute atomic E-state index is 0.261. The van der Waals surface area contributed by atoms with E-state index in [1.165, 1.54) is 0 Å². The fraction of sp³-hybridized carbons (Fsp3) is 0.800. The summed E-state index contributed by atoms with van der Waals surface area (Å²) in [4.78, 5) is 11.7. The van der Waals surface area contributed by atoms with Crippen LogP contribution in [-0.2, 0) is 14.3 Å². The number of hydrogen-bond acceptors (Lipinski definition) is 3. The Kier molecular flexibility index (Phi) is 9.63. The highest BCUT2D eigenvalue weighted by Crippen LogP contribution is 2.08. The van der Waals surface area contributed by atoms with E-state index in [4.69, 9.17) is 9.47 Å². The van der Waals surface area contributed by atoms with Crippen molar-refractivity contribution < 1.29 is 14.3 Å². The summed E-state index contributed by atoms with van der Waals surface area (Å²) in [6.07, 6.45) is 2.26. The van der Waals surface area contributed by atoms with Gasteiger partial charge in [-0.15, -0.1) is 5.92 Å². The summed E-state index contributed by atoms with van der Waals surface area (Å²) in [7, 11) is -1.11. The van der Waals surface area contributed by atoms with E-state index in [0.717, 1.165) is 18.9 Å². The third-order valence-corrected chi connectivity index (χ3v) is 3.71. The molecule has 0 N–H and O–H groups in total. The van der Waals surface area contributed by atoms with Crippen LogP contribution in [0.5, 0.6) is 0 Å². The molecule has 3 nitrogen and oxygen atoms in total. The number of rotatable bonds is 8. The Morgan fingerprint density at radius 3 is 2.42 bits per heavy atom. The molecule has 0 aliphatic heterocycles. The van der Waals surface area contributed by atoms with E-state index in [2.05, 4.69) is 38.4 Å². The van der Waals surface area contributed by atoms with E-state index >= 15 is 0 Å². The second-order valence-corrected chi connectivity index (χ2v) is 11.3. The summed E-state index contributed by atoms with van der Waals surface area (Å²) in [5.41, 5.74) is 0. The molecular formula is C15H28O3Si. The van der Waals surface area contributed by atoms with Crippen LogP contribution in [0.3, 0.4) is 0 Å². The Hall–Kier alpha value is -0.793. The maximum Gasteiger partial charge on any atom is 0.335 e. The van der Waals surface area contributed by atoms with Crippen molar-refractivity contribution in [2.45, 2.75) is 64.9 Å². The first-order valence-electron chi connectivity index (χ1n) is 7.14. The molecular weight excluding hydrogens is 256 g/mol. The molecule has 0 amide bonds. The van der Waals surface area contributed by atoms with Crippen LogP contribution in [-0.4, -0.2) is 33.4 Å². The van der Waals surface area contributed by atoms with Gasteiger partial charge in [-0.2, -0.15) is 0 Å². The van der Waals surface area contributed by atoms with E-state index in [1.807, 2.05) is 6.92 Å². The third kappa shape index (κ3) is 10.8. The zero-order chi connectivity index (χ0) is 14.7. The fourth-order valence-electron chi connectivity index (χ4n) is 1.41. The van der Waals surface area contributed by atoms with Gasteiger partial charge < -0.3 is 9.47 Å². The fourth-order valence-corrected chi connectivity index (χ4v) is 2.07. The van der Waals surface area contributed by atoms with Crippen molar-refractivity contribution in [1.82, 2.24) is 0 Å². The summed E-state index contributed by atoms with van der Waals surface area (Å²) < 4.78 is 10.5. The molecule has 0 aromatic carbocycles. The lowest BCUT2D eigenvalue weighted by molar-refractivity contribution is -0.156. The van der Waals surface area contributed by atoms with E-state index in [0.29, 0.717) is 19.6 Å². The Labute approximate surface area is 119 Å². The SMILES string of the molecule is CCCCC(OCC#CC[Si](C)(C)C)C(=O)OCC. The van der Waals surface area contributed by atoms with Crippen LogP contribution in [0.2, 0.25) is 25.7 Å². The molecule has 1 unspecified atom stereocenters. The van der Waals surface area contributed by atoms with E-state index in [1.54, 1.807) is 0 Å². The molecule has 0 aliphatic carbocycles. The molecule has 0 heterocycles. The van der Waals surface area contributed by atoms with Gasteiger partial charge in [0, 0.05) is 6.04 Å². The minimum atomic E-state index is -1.11. The van der Waals surface area contributed by atoms with E-state index < -0.39 is 14.2 Å². The zero-order valence-corrected chi connectivity index (χ0v) is 14.0. The first-order valence-corrected chi connectivity index (χ1v) is 10.9. The predicted octanol–water partition coefficient (Wildman–Crippen LogP) is 3.47. The van der Waals surface area contributed by atoms with Crippen LogP contribution < -0.4 is 0 Å². The van der Waals surface area contributed by atoms with Gasteiger partial charge in [-0.25, -0.2) is 4.79 Å². The van der Waals surface area contributed by atoms with Crippen LogP contribution in [0.25, 0.3) is 0 Å². The molecule has 0 saturated carbocycles. The Morgan fingerprint density at radius 1 is 1.21 bits per heavy atom. The van der Waals surface area contributed by atoms with Gasteiger partial charge in [0.05, 0.1) is 14.7 Å². The molecule has 0 spiro atoms. The van der Waals surface area contributed by atoms with Gasteiger partial charge >= 0.3 is 5.97 Å². The average molecular weight is 284 g/mol. The number of carbonyl (C=O) groups is 1. The number of hydrogen-bond donors (Lipinski definition) is 0. The van der Waals surface area contributed by atoms with Gasteiger partial charge in [0.25, 0.3) is 0 Å². The van der Waals surface area contributed by atoms with Crippen molar-refractivity contribution >= 4 is 14.0 Å². The molecule has 0 bridgehead atoms. The van der Waals surface area contributed by atoms with Crippen molar-refractivity contribution in [1.29, 1.82) is 0 Å². The highest BCUT2D eigenvalue weighted by Gasteiger charge is 2.19. The van der Waals surface area contributed by atoms with Gasteiger partial charge in [0.15, 0.2) is 6.10 Å². The van der Waals surface area contributed by atoms with Crippen LogP contribution in [0.1, 0.15) is 33.1 Å². The van der Waals surface area contributed by atoms with Crippen molar-refractivity contribution in [3.63, 3.8) is 0 Å². The zero-order valence-electron chi connectivity index (χ0n) is 13.0. The van der Waals surface area contributed by atoms with Crippen molar-refractivity contribution in [3.8, 4) is 11.8 Å². The van der Waals surface area contributed by atoms with Gasteiger partial charge in [0.1, 0.15) is 6.61 Å². The first kappa shape index (κ1) is 18.2. The maximum atomic E-state index is 11.7. The Bertz CT molecular complexity index is 310. The van der Waals surface area contributed by atoms with Crippen molar-refractivity contribution in [3.05, 3.63) is 0 Å². The second-order valence-electron chi connectivity index (χ2n) is 5.78. The number of ether oxygens (including phenoxy) is 2. The normalized spacial score (nSPS) is 12.5. The lowest BCUT2D eigenvalue weighted by Crippen LogP contribution is -2.27. The van der Waals surface area contributed by atoms with Crippen molar-refractivity contribution in [2.75, 3.05) is 13.2 Å². The second kappa shape index (κ2) is 10.0. The molecule has 0 aromatic rings.